The van der Waals surface area contributed by atoms with E-state index in [1.54, 1.807) is 30.7 Å². The molecule has 8 nitrogen and oxygen atoms in total. The van der Waals surface area contributed by atoms with Crippen molar-refractivity contribution >= 4 is 11.8 Å². The zero-order chi connectivity index (χ0) is 20.4. The van der Waals surface area contributed by atoms with Crippen LogP contribution in [0, 0.1) is 5.92 Å². The number of amides is 2. The van der Waals surface area contributed by atoms with Crippen molar-refractivity contribution in [2.24, 2.45) is 5.92 Å². The average molecular weight is 397 g/mol. The van der Waals surface area contributed by atoms with Gasteiger partial charge in [-0.05, 0) is 18.1 Å². The number of carbonyl (C=O) groups is 2. The van der Waals surface area contributed by atoms with Crippen LogP contribution in [0.5, 0.6) is 0 Å². The van der Waals surface area contributed by atoms with Crippen molar-refractivity contribution in [3.05, 3.63) is 48.3 Å². The van der Waals surface area contributed by atoms with Crippen LogP contribution in [0.3, 0.4) is 0 Å². The molecule has 0 unspecified atom stereocenters. The summed E-state index contributed by atoms with van der Waals surface area (Å²) in [4.78, 5) is 35.8. The summed E-state index contributed by atoms with van der Waals surface area (Å²) in [6.45, 7) is 6.31. The predicted molar refractivity (Wildman–Crippen MR) is 106 cm³/mol. The highest BCUT2D eigenvalue weighted by Gasteiger charge is 2.47. The van der Waals surface area contributed by atoms with Gasteiger partial charge in [0.05, 0.1) is 6.54 Å². The van der Waals surface area contributed by atoms with Gasteiger partial charge in [-0.25, -0.2) is 4.98 Å². The van der Waals surface area contributed by atoms with Crippen molar-refractivity contribution in [3.63, 3.8) is 0 Å². The Morgan fingerprint density at radius 2 is 1.97 bits per heavy atom. The van der Waals surface area contributed by atoms with Gasteiger partial charge in [-0.2, -0.15) is 0 Å². The van der Waals surface area contributed by atoms with Crippen LogP contribution >= 0.6 is 0 Å². The third-order valence-corrected chi connectivity index (χ3v) is 5.62. The van der Waals surface area contributed by atoms with Gasteiger partial charge in [-0.3, -0.25) is 14.6 Å². The average Bonchev–Trinajstić information content (AvgIpc) is 3.22. The van der Waals surface area contributed by atoms with Crippen LogP contribution in [-0.2, 0) is 21.7 Å². The summed E-state index contributed by atoms with van der Waals surface area (Å²) >= 11 is 0. The number of likely N-dealkylation sites (tertiary alicyclic amines) is 1. The maximum absolute atomic E-state index is 12.8. The van der Waals surface area contributed by atoms with E-state index in [1.165, 1.54) is 0 Å². The van der Waals surface area contributed by atoms with Gasteiger partial charge in [0, 0.05) is 62.8 Å². The molecule has 2 aromatic rings. The minimum absolute atomic E-state index is 0.00683. The normalized spacial score (nSPS) is 20.5. The molecule has 29 heavy (non-hydrogen) atoms. The molecule has 0 bridgehead atoms. The van der Waals surface area contributed by atoms with Crippen LogP contribution in [0.2, 0.25) is 0 Å². The first-order valence-electron chi connectivity index (χ1n) is 10.1. The van der Waals surface area contributed by atoms with E-state index in [1.807, 2.05) is 15.7 Å². The Kier molecular flexibility index (Phi) is 5.36. The Bertz CT molecular complexity index is 871. The fourth-order valence-corrected chi connectivity index (χ4v) is 4.04. The molecule has 1 N–H and O–H groups in total. The highest BCUT2D eigenvalue weighted by molar-refractivity contribution is 5.94. The smallest absolute Gasteiger partial charge is 0.253 e. The van der Waals surface area contributed by atoms with Gasteiger partial charge in [0.2, 0.25) is 0 Å². The molecule has 0 aromatic carbocycles. The number of hydrogen-bond donors (Lipinski definition) is 1. The number of fused-ring (bicyclic) bond motifs is 2. The topological polar surface area (TPSA) is 89.4 Å². The van der Waals surface area contributed by atoms with Gasteiger partial charge in [-0.15, -0.1) is 0 Å². The minimum atomic E-state index is -0.642. The van der Waals surface area contributed by atoms with Crippen LogP contribution in [0.1, 0.15) is 42.9 Å². The van der Waals surface area contributed by atoms with Crippen molar-refractivity contribution in [2.75, 3.05) is 19.6 Å². The first-order chi connectivity index (χ1) is 14.0. The number of aromatic nitrogens is 3. The molecular formula is C21H27N5O3. The van der Waals surface area contributed by atoms with Crippen molar-refractivity contribution in [1.82, 2.24) is 24.8 Å². The number of imidazole rings is 1. The zero-order valence-corrected chi connectivity index (χ0v) is 16.9. The molecule has 8 heteroatoms. The molecule has 2 aliphatic rings. The van der Waals surface area contributed by atoms with E-state index < -0.39 is 11.7 Å². The molecule has 0 saturated carbocycles. The maximum atomic E-state index is 12.8. The van der Waals surface area contributed by atoms with Crippen molar-refractivity contribution in [1.29, 1.82) is 0 Å². The molecule has 1 saturated heterocycles. The molecule has 1 fully saturated rings. The van der Waals surface area contributed by atoms with Crippen LogP contribution in [0.15, 0.2) is 36.9 Å². The van der Waals surface area contributed by atoms with Gasteiger partial charge in [0.1, 0.15) is 11.4 Å². The van der Waals surface area contributed by atoms with Crippen LogP contribution < -0.4 is 5.32 Å². The van der Waals surface area contributed by atoms with Gasteiger partial charge in [0.25, 0.3) is 11.8 Å². The molecule has 2 aromatic heterocycles. The lowest BCUT2D eigenvalue weighted by Gasteiger charge is -2.45. The van der Waals surface area contributed by atoms with Crippen LogP contribution in [0.25, 0.3) is 0 Å². The van der Waals surface area contributed by atoms with Crippen molar-refractivity contribution in [3.8, 4) is 0 Å². The molecule has 154 valence electrons. The highest BCUT2D eigenvalue weighted by atomic mass is 16.5. The number of ether oxygens (including phenoxy) is 1. The second-order valence-corrected chi connectivity index (χ2v) is 8.17. The lowest BCUT2D eigenvalue weighted by Crippen LogP contribution is -2.55. The van der Waals surface area contributed by atoms with Gasteiger partial charge in [-0.1, -0.05) is 13.8 Å². The molecule has 0 aliphatic carbocycles. The Morgan fingerprint density at radius 3 is 2.66 bits per heavy atom. The summed E-state index contributed by atoms with van der Waals surface area (Å²) in [5.74, 6) is 1.13. The molecule has 2 amide bonds. The number of hydrogen-bond acceptors (Lipinski definition) is 5. The van der Waals surface area contributed by atoms with E-state index in [0.29, 0.717) is 50.5 Å². The lowest BCUT2D eigenvalue weighted by molar-refractivity contribution is -0.172. The quantitative estimate of drug-likeness (QED) is 0.846. The monoisotopic (exact) mass is 397 g/mol. The standard InChI is InChI=1S/C21H27N5O3/c1-15(2)13-24-18(27)17-14-26-12-9-23-20(26)21(29-17)5-10-25(11-6-21)19(28)16-3-7-22-8-4-16/h3-4,7-9,12,15,17H,5-6,10-11,13-14H2,1-2H3,(H,24,27)/t17-/m0/s1. The zero-order valence-electron chi connectivity index (χ0n) is 16.9. The molecule has 4 heterocycles. The molecule has 0 radical (unpaired) electrons. The first-order valence-corrected chi connectivity index (χ1v) is 10.1. The van der Waals surface area contributed by atoms with Gasteiger partial charge in [0.15, 0.2) is 6.10 Å². The number of carbonyl (C=O) groups excluding carboxylic acids is 2. The number of piperidine rings is 1. The fraction of sp³-hybridized carbons (Fsp3) is 0.524. The summed E-state index contributed by atoms with van der Waals surface area (Å²) in [5, 5.41) is 2.98. The molecular weight excluding hydrogens is 370 g/mol. The summed E-state index contributed by atoms with van der Waals surface area (Å²) < 4.78 is 8.40. The van der Waals surface area contributed by atoms with Crippen molar-refractivity contribution in [2.45, 2.75) is 44.9 Å². The van der Waals surface area contributed by atoms with Crippen molar-refractivity contribution < 1.29 is 14.3 Å². The summed E-state index contributed by atoms with van der Waals surface area (Å²) in [7, 11) is 0. The number of nitrogens with zero attached hydrogens (tertiary/aromatic N) is 4. The molecule has 4 rings (SSSR count). The van der Waals surface area contributed by atoms with E-state index in [4.69, 9.17) is 4.74 Å². The number of pyridine rings is 1. The van der Waals surface area contributed by atoms with Crippen LogP contribution in [0.4, 0.5) is 0 Å². The fourth-order valence-electron chi connectivity index (χ4n) is 4.04. The minimum Gasteiger partial charge on any atom is -0.354 e. The Hall–Kier alpha value is -2.74. The third kappa shape index (κ3) is 3.89. The Balaban J connectivity index is 1.49. The van der Waals surface area contributed by atoms with Crippen LogP contribution in [-0.4, -0.2) is 57.0 Å². The molecule has 1 atom stereocenters. The second kappa shape index (κ2) is 7.94. The summed E-state index contributed by atoms with van der Waals surface area (Å²) in [5.41, 5.74) is -0.00989. The largest absolute Gasteiger partial charge is 0.354 e. The van der Waals surface area contributed by atoms with E-state index in [-0.39, 0.29) is 11.8 Å². The van der Waals surface area contributed by atoms with Gasteiger partial charge >= 0.3 is 0 Å². The first kappa shape index (κ1) is 19.6. The van der Waals surface area contributed by atoms with E-state index >= 15 is 0 Å². The summed E-state index contributed by atoms with van der Waals surface area (Å²) in [6, 6.07) is 3.46. The SMILES string of the molecule is CC(C)CNC(=O)[C@@H]1Cn2ccnc2C2(CCN(C(=O)c3ccncc3)CC2)O1. The highest BCUT2D eigenvalue weighted by Crippen LogP contribution is 2.40. The maximum Gasteiger partial charge on any atom is 0.253 e. The van der Waals surface area contributed by atoms with E-state index in [9.17, 15) is 9.59 Å². The Labute approximate surface area is 170 Å². The summed E-state index contributed by atoms with van der Waals surface area (Å²) in [6.07, 6.45) is 7.56. The van der Waals surface area contributed by atoms with E-state index in [2.05, 4.69) is 29.1 Å². The molecule has 1 spiro atoms. The Morgan fingerprint density at radius 1 is 1.24 bits per heavy atom. The number of rotatable bonds is 4. The van der Waals surface area contributed by atoms with E-state index in [0.717, 1.165) is 5.82 Å². The second-order valence-electron chi connectivity index (χ2n) is 8.17. The third-order valence-electron chi connectivity index (χ3n) is 5.62. The predicted octanol–water partition coefficient (Wildman–Crippen LogP) is 1.58. The lowest BCUT2D eigenvalue weighted by atomic mass is 9.88. The molecule has 2 aliphatic heterocycles. The number of nitrogens with one attached hydrogen (secondary N) is 1. The van der Waals surface area contributed by atoms with Gasteiger partial charge < -0.3 is 19.5 Å².